The van der Waals surface area contributed by atoms with E-state index in [0.29, 0.717) is 13.0 Å². The second kappa shape index (κ2) is 8.64. The Hall–Kier alpha value is -1.59. The smallest absolute Gasteiger partial charge is 0.317 e. The minimum atomic E-state index is -0.553. The SMILES string of the molecule is CC(O)CC(CNC(=O)N(C)CC(C)O)c1ccccc1. The van der Waals surface area contributed by atoms with E-state index in [1.807, 2.05) is 30.3 Å². The van der Waals surface area contributed by atoms with E-state index in [-0.39, 0.29) is 18.5 Å². The Morgan fingerprint density at radius 2 is 1.81 bits per heavy atom. The molecule has 0 aromatic heterocycles. The van der Waals surface area contributed by atoms with Crippen LogP contribution in [-0.4, -0.2) is 53.5 Å². The number of hydrogen-bond donors (Lipinski definition) is 3. The zero-order valence-corrected chi connectivity index (χ0v) is 13.0. The van der Waals surface area contributed by atoms with E-state index in [1.54, 1.807) is 20.9 Å². The highest BCUT2D eigenvalue weighted by Gasteiger charge is 2.17. The number of aliphatic hydroxyl groups is 2. The average molecular weight is 294 g/mol. The maximum Gasteiger partial charge on any atom is 0.317 e. The van der Waals surface area contributed by atoms with Crippen LogP contribution in [0.15, 0.2) is 30.3 Å². The van der Waals surface area contributed by atoms with Gasteiger partial charge in [0.15, 0.2) is 0 Å². The van der Waals surface area contributed by atoms with Crippen molar-refractivity contribution in [2.24, 2.45) is 0 Å². The highest BCUT2D eigenvalue weighted by Crippen LogP contribution is 2.20. The van der Waals surface area contributed by atoms with Gasteiger partial charge in [-0.2, -0.15) is 0 Å². The van der Waals surface area contributed by atoms with Gasteiger partial charge in [0.25, 0.3) is 0 Å². The van der Waals surface area contributed by atoms with E-state index in [9.17, 15) is 15.0 Å². The van der Waals surface area contributed by atoms with Crippen molar-refractivity contribution in [2.75, 3.05) is 20.1 Å². The molecule has 0 radical (unpaired) electrons. The third kappa shape index (κ3) is 6.60. The maximum atomic E-state index is 11.9. The lowest BCUT2D eigenvalue weighted by Crippen LogP contribution is -2.42. The van der Waals surface area contributed by atoms with Crippen molar-refractivity contribution in [2.45, 2.75) is 38.4 Å². The lowest BCUT2D eigenvalue weighted by Gasteiger charge is -2.23. The lowest BCUT2D eigenvalue weighted by atomic mass is 9.93. The second-order valence-electron chi connectivity index (χ2n) is 5.61. The molecule has 5 heteroatoms. The predicted octanol–water partition coefficient (Wildman–Crippen LogP) is 1.56. The summed E-state index contributed by atoms with van der Waals surface area (Å²) in [5.41, 5.74) is 1.09. The van der Waals surface area contributed by atoms with E-state index in [0.717, 1.165) is 5.56 Å². The predicted molar refractivity (Wildman–Crippen MR) is 83.2 cm³/mol. The van der Waals surface area contributed by atoms with Crippen LogP contribution in [0.2, 0.25) is 0 Å². The molecule has 1 rings (SSSR count). The van der Waals surface area contributed by atoms with Crippen LogP contribution in [-0.2, 0) is 0 Å². The van der Waals surface area contributed by atoms with Crippen molar-refractivity contribution < 1.29 is 15.0 Å². The van der Waals surface area contributed by atoms with Gasteiger partial charge in [-0.15, -0.1) is 0 Å². The third-order valence-corrected chi connectivity index (χ3v) is 3.28. The van der Waals surface area contributed by atoms with Crippen LogP contribution >= 0.6 is 0 Å². The fourth-order valence-corrected chi connectivity index (χ4v) is 2.30. The molecule has 2 amide bonds. The number of amides is 2. The third-order valence-electron chi connectivity index (χ3n) is 3.28. The van der Waals surface area contributed by atoms with Crippen molar-refractivity contribution in [3.8, 4) is 0 Å². The zero-order chi connectivity index (χ0) is 15.8. The molecule has 0 spiro atoms. The molecule has 1 aromatic carbocycles. The summed E-state index contributed by atoms with van der Waals surface area (Å²) in [6.07, 6.45) is -0.393. The second-order valence-corrected chi connectivity index (χ2v) is 5.61. The topological polar surface area (TPSA) is 72.8 Å². The summed E-state index contributed by atoms with van der Waals surface area (Å²) >= 11 is 0. The van der Waals surface area contributed by atoms with Crippen molar-refractivity contribution >= 4 is 6.03 Å². The molecule has 0 fully saturated rings. The molecule has 0 heterocycles. The highest BCUT2D eigenvalue weighted by molar-refractivity contribution is 5.73. The van der Waals surface area contributed by atoms with Gasteiger partial charge in [-0.3, -0.25) is 0 Å². The highest BCUT2D eigenvalue weighted by atomic mass is 16.3. The molecule has 3 unspecified atom stereocenters. The molecule has 0 aliphatic heterocycles. The van der Waals surface area contributed by atoms with Gasteiger partial charge in [0, 0.05) is 26.1 Å². The standard InChI is InChI=1S/C16H26N2O3/c1-12(19)9-15(14-7-5-4-6-8-14)10-17-16(21)18(3)11-13(2)20/h4-8,12-13,15,19-20H,9-11H2,1-3H3,(H,17,21). The lowest BCUT2D eigenvalue weighted by molar-refractivity contribution is 0.142. The maximum absolute atomic E-state index is 11.9. The number of likely N-dealkylation sites (N-methyl/N-ethyl adjacent to an activating group) is 1. The summed E-state index contributed by atoms with van der Waals surface area (Å²) in [5, 5.41) is 21.8. The Bertz CT molecular complexity index is 421. The molecule has 0 saturated heterocycles. The van der Waals surface area contributed by atoms with Crippen molar-refractivity contribution in [3.63, 3.8) is 0 Å². The van der Waals surface area contributed by atoms with E-state index < -0.39 is 12.2 Å². The number of benzene rings is 1. The van der Waals surface area contributed by atoms with Crippen LogP contribution < -0.4 is 5.32 Å². The Labute approximate surface area is 126 Å². The molecule has 1 aromatic rings. The molecule has 3 atom stereocenters. The van der Waals surface area contributed by atoms with Crippen LogP contribution in [0, 0.1) is 0 Å². The van der Waals surface area contributed by atoms with Crippen molar-refractivity contribution in [1.29, 1.82) is 0 Å². The van der Waals surface area contributed by atoms with E-state index in [2.05, 4.69) is 5.32 Å². The van der Waals surface area contributed by atoms with Gasteiger partial charge < -0.3 is 20.4 Å². The van der Waals surface area contributed by atoms with E-state index in [1.165, 1.54) is 4.90 Å². The van der Waals surface area contributed by atoms with Crippen molar-refractivity contribution in [3.05, 3.63) is 35.9 Å². The minimum Gasteiger partial charge on any atom is -0.393 e. The largest absolute Gasteiger partial charge is 0.393 e. The number of urea groups is 1. The van der Waals surface area contributed by atoms with Crippen LogP contribution in [0.25, 0.3) is 0 Å². The number of carbonyl (C=O) groups excluding carboxylic acids is 1. The van der Waals surface area contributed by atoms with Gasteiger partial charge in [-0.1, -0.05) is 30.3 Å². The Morgan fingerprint density at radius 3 is 2.33 bits per heavy atom. The fraction of sp³-hybridized carbons (Fsp3) is 0.562. The summed E-state index contributed by atoms with van der Waals surface area (Å²) in [6.45, 7) is 4.14. The number of hydrogen-bond acceptors (Lipinski definition) is 3. The van der Waals surface area contributed by atoms with Gasteiger partial charge in [0.1, 0.15) is 0 Å². The first-order chi connectivity index (χ1) is 9.90. The van der Waals surface area contributed by atoms with E-state index >= 15 is 0 Å². The first-order valence-electron chi connectivity index (χ1n) is 7.30. The number of carbonyl (C=O) groups is 1. The quantitative estimate of drug-likeness (QED) is 0.714. The first-order valence-corrected chi connectivity index (χ1v) is 7.30. The van der Waals surface area contributed by atoms with E-state index in [4.69, 9.17) is 0 Å². The molecule has 0 bridgehead atoms. The first kappa shape index (κ1) is 17.5. The summed E-state index contributed by atoms with van der Waals surface area (Å²) in [5.74, 6) is 0.0649. The Balaban J connectivity index is 2.60. The zero-order valence-electron chi connectivity index (χ0n) is 13.0. The summed E-state index contributed by atoms with van der Waals surface area (Å²) in [7, 11) is 1.65. The summed E-state index contributed by atoms with van der Waals surface area (Å²) < 4.78 is 0. The molecule has 0 aliphatic rings. The molecule has 5 nitrogen and oxygen atoms in total. The number of aliphatic hydroxyl groups excluding tert-OH is 2. The van der Waals surface area contributed by atoms with Gasteiger partial charge in [0.2, 0.25) is 0 Å². The normalized spacial score (nSPS) is 15.1. The number of nitrogens with one attached hydrogen (secondary N) is 1. The molecule has 0 saturated carbocycles. The Kier molecular flexibility index (Phi) is 7.19. The summed E-state index contributed by atoms with van der Waals surface area (Å²) in [6, 6.07) is 9.62. The van der Waals surface area contributed by atoms with Gasteiger partial charge >= 0.3 is 6.03 Å². The van der Waals surface area contributed by atoms with Crippen LogP contribution in [0.3, 0.4) is 0 Å². The molecule has 118 valence electrons. The fourth-order valence-electron chi connectivity index (χ4n) is 2.30. The molecular weight excluding hydrogens is 268 g/mol. The summed E-state index contributed by atoms with van der Waals surface area (Å²) in [4.78, 5) is 13.4. The molecular formula is C16H26N2O3. The van der Waals surface area contributed by atoms with Gasteiger partial charge in [-0.25, -0.2) is 4.79 Å². The average Bonchev–Trinajstić information content (AvgIpc) is 2.42. The van der Waals surface area contributed by atoms with Crippen LogP contribution in [0.1, 0.15) is 31.7 Å². The minimum absolute atomic E-state index is 0.0649. The Morgan fingerprint density at radius 1 is 1.19 bits per heavy atom. The van der Waals surface area contributed by atoms with Crippen LogP contribution in [0.4, 0.5) is 4.79 Å². The number of nitrogens with zero attached hydrogens (tertiary/aromatic N) is 1. The molecule has 0 aliphatic carbocycles. The van der Waals surface area contributed by atoms with Crippen molar-refractivity contribution in [1.82, 2.24) is 10.2 Å². The molecule has 3 N–H and O–H groups in total. The van der Waals surface area contributed by atoms with Gasteiger partial charge in [-0.05, 0) is 25.8 Å². The number of rotatable bonds is 7. The molecule has 21 heavy (non-hydrogen) atoms. The van der Waals surface area contributed by atoms with Crippen LogP contribution in [0.5, 0.6) is 0 Å². The monoisotopic (exact) mass is 294 g/mol. The van der Waals surface area contributed by atoms with Gasteiger partial charge in [0.05, 0.1) is 12.2 Å².